The first kappa shape index (κ1) is 24.5. The molecule has 6 heteroatoms. The Kier molecular flexibility index (Phi) is 8.40. The van der Waals surface area contributed by atoms with Crippen LogP contribution in [0.2, 0.25) is 0 Å². The van der Waals surface area contributed by atoms with E-state index in [1.807, 2.05) is 56.3 Å². The molecule has 3 aromatic rings. The Morgan fingerprint density at radius 2 is 1.41 bits per heavy atom. The molecule has 1 aliphatic heterocycles. The number of rotatable bonds is 9. The lowest BCUT2D eigenvalue weighted by Gasteiger charge is -2.25. The lowest BCUT2D eigenvalue weighted by Crippen LogP contribution is -2.40. The summed E-state index contributed by atoms with van der Waals surface area (Å²) in [5.74, 6) is -0.476. The Morgan fingerprint density at radius 1 is 0.824 bits per heavy atom. The smallest absolute Gasteiger partial charge is 0.338 e. The third-order valence-corrected chi connectivity index (χ3v) is 7.07. The van der Waals surface area contributed by atoms with E-state index in [0.717, 1.165) is 11.1 Å². The van der Waals surface area contributed by atoms with Crippen LogP contribution in [0, 0.1) is 13.8 Å². The molecule has 5 nitrogen and oxygen atoms in total. The minimum atomic E-state index is -0.899. The van der Waals surface area contributed by atoms with Crippen molar-refractivity contribution in [1.29, 1.82) is 0 Å². The zero-order valence-corrected chi connectivity index (χ0v) is 20.2. The van der Waals surface area contributed by atoms with Gasteiger partial charge in [-0.15, -0.1) is 11.8 Å². The minimum absolute atomic E-state index is 0.181. The average molecular weight is 479 g/mol. The Labute approximate surface area is 205 Å². The molecular formula is C28H30O5S. The quantitative estimate of drug-likeness (QED) is 0.434. The van der Waals surface area contributed by atoms with E-state index in [0.29, 0.717) is 25.4 Å². The summed E-state index contributed by atoms with van der Waals surface area (Å²) in [7, 11) is 0. The molecule has 1 heterocycles. The van der Waals surface area contributed by atoms with Crippen molar-refractivity contribution >= 4 is 17.7 Å². The van der Waals surface area contributed by atoms with Gasteiger partial charge in [0.25, 0.3) is 0 Å². The van der Waals surface area contributed by atoms with E-state index in [2.05, 4.69) is 12.1 Å². The first-order valence-corrected chi connectivity index (χ1v) is 12.3. The highest BCUT2D eigenvalue weighted by molar-refractivity contribution is 8.00. The zero-order chi connectivity index (χ0) is 23.9. The SMILES string of the molecule is Cc1ccc(COC[C@H]2SC(O)[C@@H](OC(=O)c3ccccc3)[C@@H]2OCc2ccc(C)cc2)cc1. The van der Waals surface area contributed by atoms with Crippen molar-refractivity contribution in [2.24, 2.45) is 0 Å². The minimum Gasteiger partial charge on any atom is -0.452 e. The molecule has 0 bridgehead atoms. The zero-order valence-electron chi connectivity index (χ0n) is 19.4. The van der Waals surface area contributed by atoms with E-state index in [4.69, 9.17) is 14.2 Å². The molecule has 0 radical (unpaired) electrons. The standard InChI is InChI=1S/C28H30O5S/c1-19-8-12-21(13-9-19)16-31-18-24-25(32-17-22-14-10-20(2)11-15-22)26(28(30)34-24)33-27(29)23-6-4-3-5-7-23/h3-15,24-26,28,30H,16-18H2,1-2H3/t24-,25-,26+,28?/m1/s1. The van der Waals surface area contributed by atoms with Gasteiger partial charge in [-0.25, -0.2) is 4.79 Å². The summed E-state index contributed by atoms with van der Waals surface area (Å²) in [5, 5.41) is 10.6. The number of carbonyl (C=O) groups excluding carboxylic acids is 1. The van der Waals surface area contributed by atoms with Gasteiger partial charge in [0, 0.05) is 0 Å². The summed E-state index contributed by atoms with van der Waals surface area (Å²) in [6.45, 7) is 5.27. The normalized spacial score (nSPS) is 22.0. The van der Waals surface area contributed by atoms with Gasteiger partial charge in [-0.2, -0.15) is 0 Å². The van der Waals surface area contributed by atoms with Crippen molar-refractivity contribution in [2.75, 3.05) is 6.61 Å². The summed E-state index contributed by atoms with van der Waals surface area (Å²) in [4.78, 5) is 12.7. The predicted octanol–water partition coefficient (Wildman–Crippen LogP) is 5.06. The maximum atomic E-state index is 12.7. The first-order chi connectivity index (χ1) is 16.5. The van der Waals surface area contributed by atoms with E-state index < -0.39 is 23.6 Å². The number of benzene rings is 3. The molecule has 0 amide bonds. The highest BCUT2D eigenvalue weighted by Gasteiger charge is 2.47. The van der Waals surface area contributed by atoms with Crippen LogP contribution in [0.5, 0.6) is 0 Å². The Balaban J connectivity index is 1.43. The molecule has 0 spiro atoms. The van der Waals surface area contributed by atoms with E-state index in [1.165, 1.54) is 22.9 Å². The number of hydrogen-bond donors (Lipinski definition) is 1. The number of carbonyl (C=O) groups is 1. The lowest BCUT2D eigenvalue weighted by molar-refractivity contribution is -0.0806. The van der Waals surface area contributed by atoms with Gasteiger partial charge in [0.2, 0.25) is 0 Å². The third kappa shape index (κ3) is 6.48. The van der Waals surface area contributed by atoms with Crippen LogP contribution in [-0.2, 0) is 27.4 Å². The van der Waals surface area contributed by atoms with Gasteiger partial charge in [-0.3, -0.25) is 0 Å². The number of aryl methyl sites for hydroxylation is 2. The lowest BCUT2D eigenvalue weighted by atomic mass is 10.1. The topological polar surface area (TPSA) is 65.0 Å². The van der Waals surface area contributed by atoms with Crippen LogP contribution in [0.25, 0.3) is 0 Å². The van der Waals surface area contributed by atoms with E-state index in [1.54, 1.807) is 24.3 Å². The number of esters is 1. The average Bonchev–Trinajstić information content (AvgIpc) is 3.14. The molecular weight excluding hydrogens is 448 g/mol. The van der Waals surface area contributed by atoms with E-state index in [9.17, 15) is 9.90 Å². The first-order valence-electron chi connectivity index (χ1n) is 11.4. The monoisotopic (exact) mass is 478 g/mol. The van der Waals surface area contributed by atoms with Crippen molar-refractivity contribution in [3.8, 4) is 0 Å². The van der Waals surface area contributed by atoms with Crippen LogP contribution in [0.15, 0.2) is 78.9 Å². The summed E-state index contributed by atoms with van der Waals surface area (Å²) in [5.41, 5.74) is 4.01. The van der Waals surface area contributed by atoms with Crippen molar-refractivity contribution < 1.29 is 24.1 Å². The predicted molar refractivity (Wildman–Crippen MR) is 134 cm³/mol. The molecule has 1 unspecified atom stereocenters. The number of aliphatic hydroxyl groups is 1. The fraction of sp³-hybridized carbons (Fsp3) is 0.321. The maximum Gasteiger partial charge on any atom is 0.338 e. The summed E-state index contributed by atoms with van der Waals surface area (Å²) < 4.78 is 18.0. The van der Waals surface area contributed by atoms with Gasteiger partial charge in [-0.1, -0.05) is 77.9 Å². The molecule has 3 aromatic carbocycles. The molecule has 34 heavy (non-hydrogen) atoms. The van der Waals surface area contributed by atoms with Crippen LogP contribution in [0.4, 0.5) is 0 Å². The van der Waals surface area contributed by atoms with Crippen molar-refractivity contribution in [3.63, 3.8) is 0 Å². The van der Waals surface area contributed by atoms with E-state index >= 15 is 0 Å². The Bertz CT molecular complexity index is 1050. The highest BCUT2D eigenvalue weighted by Crippen LogP contribution is 2.38. The molecule has 0 saturated carbocycles. The second kappa shape index (κ2) is 11.7. The number of thioether (sulfide) groups is 1. The second-order valence-corrected chi connectivity index (χ2v) is 9.92. The Hall–Kier alpha value is -2.64. The van der Waals surface area contributed by atoms with Crippen molar-refractivity contribution in [2.45, 2.75) is 50.0 Å². The van der Waals surface area contributed by atoms with E-state index in [-0.39, 0.29) is 5.25 Å². The Morgan fingerprint density at radius 3 is 2.03 bits per heavy atom. The summed E-state index contributed by atoms with van der Waals surface area (Å²) in [6, 6.07) is 25.1. The van der Waals surface area contributed by atoms with Gasteiger partial charge in [0.15, 0.2) is 6.10 Å². The maximum absolute atomic E-state index is 12.7. The number of hydrogen-bond acceptors (Lipinski definition) is 6. The summed E-state index contributed by atoms with van der Waals surface area (Å²) in [6.07, 6.45) is -1.30. The molecule has 1 N–H and O–H groups in total. The number of aliphatic hydroxyl groups excluding tert-OH is 1. The fourth-order valence-electron chi connectivity index (χ4n) is 3.79. The third-order valence-electron chi connectivity index (χ3n) is 5.77. The molecule has 4 rings (SSSR count). The molecule has 0 aromatic heterocycles. The van der Waals surface area contributed by atoms with Crippen LogP contribution in [-0.4, -0.2) is 40.6 Å². The van der Waals surface area contributed by atoms with Gasteiger partial charge < -0.3 is 19.3 Å². The molecule has 1 saturated heterocycles. The highest BCUT2D eigenvalue weighted by atomic mass is 32.2. The summed E-state index contributed by atoms with van der Waals surface area (Å²) >= 11 is 1.32. The fourth-order valence-corrected chi connectivity index (χ4v) is 5.08. The van der Waals surface area contributed by atoms with Gasteiger partial charge in [0.05, 0.1) is 30.6 Å². The second-order valence-electron chi connectivity index (χ2n) is 8.56. The van der Waals surface area contributed by atoms with Crippen LogP contribution in [0.1, 0.15) is 32.6 Å². The van der Waals surface area contributed by atoms with Crippen molar-refractivity contribution in [3.05, 3.63) is 107 Å². The molecule has 4 atom stereocenters. The molecule has 1 aliphatic rings. The van der Waals surface area contributed by atoms with Crippen LogP contribution in [0.3, 0.4) is 0 Å². The number of ether oxygens (including phenoxy) is 3. The largest absolute Gasteiger partial charge is 0.452 e. The van der Waals surface area contributed by atoms with Crippen LogP contribution >= 0.6 is 11.8 Å². The van der Waals surface area contributed by atoms with Crippen LogP contribution < -0.4 is 0 Å². The van der Waals surface area contributed by atoms with Gasteiger partial charge >= 0.3 is 5.97 Å². The van der Waals surface area contributed by atoms with Gasteiger partial charge in [0.1, 0.15) is 11.5 Å². The van der Waals surface area contributed by atoms with Crippen molar-refractivity contribution in [1.82, 2.24) is 0 Å². The molecule has 178 valence electrons. The molecule has 0 aliphatic carbocycles. The molecule has 1 fully saturated rings. The van der Waals surface area contributed by atoms with Gasteiger partial charge in [-0.05, 0) is 37.1 Å².